The lowest BCUT2D eigenvalue weighted by atomic mass is 10.0. The number of carbonyl (C=O) groups excluding carboxylic acids is 2. The number of aryl methyl sites for hydroxylation is 1. The third-order valence-electron chi connectivity index (χ3n) is 3.02. The van der Waals surface area contributed by atoms with Crippen molar-refractivity contribution in [1.82, 2.24) is 10.3 Å². The number of carbonyl (C=O) groups is 2. The van der Waals surface area contributed by atoms with Gasteiger partial charge in [-0.3, -0.25) is 9.59 Å². The number of hydrogen-bond acceptors (Lipinski definition) is 4. The van der Waals surface area contributed by atoms with Crippen LogP contribution >= 0.6 is 0 Å². The first-order valence-corrected chi connectivity index (χ1v) is 6.67. The fourth-order valence-corrected chi connectivity index (χ4v) is 1.82. The molecular formula is C14H22N4O2. The minimum Gasteiger partial charge on any atom is -0.373 e. The second-order valence-electron chi connectivity index (χ2n) is 4.93. The summed E-state index contributed by atoms with van der Waals surface area (Å²) in [4.78, 5) is 27.9. The van der Waals surface area contributed by atoms with Crippen LogP contribution in [0.3, 0.4) is 0 Å². The average Bonchev–Trinajstić information content (AvgIpc) is 2.42. The molecule has 0 aromatic carbocycles. The van der Waals surface area contributed by atoms with Crippen molar-refractivity contribution >= 4 is 17.6 Å². The van der Waals surface area contributed by atoms with Gasteiger partial charge in [-0.05, 0) is 24.5 Å². The second kappa shape index (κ2) is 6.88. The van der Waals surface area contributed by atoms with Gasteiger partial charge in [0.1, 0.15) is 11.9 Å². The van der Waals surface area contributed by atoms with Crippen molar-refractivity contribution in [2.24, 2.45) is 11.7 Å². The molecule has 20 heavy (non-hydrogen) atoms. The topological polar surface area (TPSA) is 97.1 Å². The summed E-state index contributed by atoms with van der Waals surface area (Å²) in [5.41, 5.74) is 6.57. The van der Waals surface area contributed by atoms with Gasteiger partial charge in [0.2, 0.25) is 5.91 Å². The van der Waals surface area contributed by atoms with Crippen LogP contribution in [-0.2, 0) is 11.2 Å². The Morgan fingerprint density at radius 3 is 2.45 bits per heavy atom. The molecule has 0 radical (unpaired) electrons. The molecule has 4 N–H and O–H groups in total. The predicted octanol–water partition coefficient (Wildman–Crippen LogP) is 0.925. The minimum absolute atomic E-state index is 0.0623. The number of hydrogen-bond donors (Lipinski definition) is 3. The zero-order valence-electron chi connectivity index (χ0n) is 12.4. The summed E-state index contributed by atoms with van der Waals surface area (Å²) in [6.07, 6.45) is 0.721. The van der Waals surface area contributed by atoms with Crippen LogP contribution in [0.25, 0.3) is 0 Å². The average molecular weight is 278 g/mol. The quantitative estimate of drug-likeness (QED) is 0.721. The van der Waals surface area contributed by atoms with E-state index in [0.29, 0.717) is 11.4 Å². The highest BCUT2D eigenvalue weighted by Gasteiger charge is 2.22. The van der Waals surface area contributed by atoms with Crippen molar-refractivity contribution in [1.29, 1.82) is 0 Å². The summed E-state index contributed by atoms with van der Waals surface area (Å²) in [5.74, 6) is -0.301. The fraction of sp³-hybridized carbons (Fsp3) is 0.500. The molecule has 1 unspecified atom stereocenters. The summed E-state index contributed by atoms with van der Waals surface area (Å²) < 4.78 is 0. The monoisotopic (exact) mass is 278 g/mol. The molecule has 0 spiro atoms. The van der Waals surface area contributed by atoms with E-state index in [2.05, 4.69) is 15.6 Å². The molecule has 6 nitrogen and oxygen atoms in total. The Morgan fingerprint density at radius 2 is 2.00 bits per heavy atom. The Bertz CT molecular complexity index is 478. The van der Waals surface area contributed by atoms with E-state index in [1.165, 1.54) is 0 Å². The highest BCUT2D eigenvalue weighted by Crippen LogP contribution is 2.12. The molecule has 2 amide bonds. The molecule has 0 saturated carbocycles. The lowest BCUT2D eigenvalue weighted by molar-refractivity contribution is -0.120. The molecule has 0 fully saturated rings. The Balaban J connectivity index is 2.99. The first kappa shape index (κ1) is 15.9. The zero-order chi connectivity index (χ0) is 15.3. The van der Waals surface area contributed by atoms with Crippen molar-refractivity contribution in [3.63, 3.8) is 0 Å². The van der Waals surface area contributed by atoms with Gasteiger partial charge in [-0.25, -0.2) is 4.98 Å². The lowest BCUT2D eigenvalue weighted by Gasteiger charge is -2.19. The van der Waals surface area contributed by atoms with Gasteiger partial charge >= 0.3 is 0 Å². The standard InChI is InChI=1S/C14H22N4O2/c1-5-10-6-9(7-11(16-4)17-10)14(20)18-12(8(2)3)13(15)19/h6-8,12H,5H2,1-4H3,(H2,15,19)(H,16,17)(H,18,20). The molecule has 1 aromatic rings. The largest absolute Gasteiger partial charge is 0.373 e. The molecule has 0 aliphatic carbocycles. The number of nitrogens with two attached hydrogens (primary N) is 1. The van der Waals surface area contributed by atoms with Crippen LogP contribution < -0.4 is 16.4 Å². The molecule has 0 bridgehead atoms. The molecule has 1 rings (SSSR count). The van der Waals surface area contributed by atoms with Gasteiger partial charge in [0.25, 0.3) is 5.91 Å². The van der Waals surface area contributed by atoms with E-state index in [4.69, 9.17) is 5.73 Å². The summed E-state index contributed by atoms with van der Waals surface area (Å²) in [5, 5.41) is 5.58. The van der Waals surface area contributed by atoms with Crippen LogP contribution in [-0.4, -0.2) is 29.9 Å². The molecule has 1 aromatic heterocycles. The maximum Gasteiger partial charge on any atom is 0.252 e. The smallest absolute Gasteiger partial charge is 0.252 e. The molecule has 1 heterocycles. The zero-order valence-corrected chi connectivity index (χ0v) is 12.4. The van der Waals surface area contributed by atoms with E-state index in [1.807, 2.05) is 20.8 Å². The van der Waals surface area contributed by atoms with Crippen molar-refractivity contribution in [2.75, 3.05) is 12.4 Å². The molecule has 0 aliphatic heterocycles. The SMILES string of the molecule is CCc1cc(C(=O)NC(C(N)=O)C(C)C)cc(NC)n1. The molecule has 0 saturated heterocycles. The van der Waals surface area contributed by atoms with Gasteiger partial charge in [-0.1, -0.05) is 20.8 Å². The van der Waals surface area contributed by atoms with E-state index in [0.717, 1.165) is 12.1 Å². The maximum absolute atomic E-state index is 12.2. The summed E-state index contributed by atoms with van der Waals surface area (Å²) in [6, 6.07) is 2.68. The predicted molar refractivity (Wildman–Crippen MR) is 78.4 cm³/mol. The maximum atomic E-state index is 12.2. The van der Waals surface area contributed by atoms with Crippen molar-refractivity contribution < 1.29 is 9.59 Å². The number of amides is 2. The summed E-state index contributed by atoms with van der Waals surface area (Å²) in [7, 11) is 1.74. The van der Waals surface area contributed by atoms with Gasteiger partial charge in [-0.15, -0.1) is 0 Å². The molecule has 0 aliphatic rings. The minimum atomic E-state index is -0.682. The van der Waals surface area contributed by atoms with Crippen LogP contribution in [0.4, 0.5) is 5.82 Å². The Morgan fingerprint density at radius 1 is 1.35 bits per heavy atom. The molecule has 1 atom stereocenters. The normalized spacial score (nSPS) is 12.1. The van der Waals surface area contributed by atoms with Gasteiger partial charge in [-0.2, -0.15) is 0 Å². The number of anilines is 1. The van der Waals surface area contributed by atoms with Gasteiger partial charge in [0, 0.05) is 18.3 Å². The van der Waals surface area contributed by atoms with Crippen LogP contribution in [0.15, 0.2) is 12.1 Å². The van der Waals surface area contributed by atoms with Crippen molar-refractivity contribution in [3.05, 3.63) is 23.4 Å². The van der Waals surface area contributed by atoms with E-state index >= 15 is 0 Å². The second-order valence-corrected chi connectivity index (χ2v) is 4.93. The fourth-order valence-electron chi connectivity index (χ4n) is 1.82. The first-order chi connectivity index (χ1) is 9.38. The molecular weight excluding hydrogens is 256 g/mol. The van der Waals surface area contributed by atoms with Crippen LogP contribution in [0.1, 0.15) is 36.8 Å². The van der Waals surface area contributed by atoms with E-state index in [1.54, 1.807) is 19.2 Å². The summed E-state index contributed by atoms with van der Waals surface area (Å²) >= 11 is 0. The van der Waals surface area contributed by atoms with E-state index in [-0.39, 0.29) is 11.8 Å². The molecule has 110 valence electrons. The first-order valence-electron chi connectivity index (χ1n) is 6.67. The number of nitrogens with one attached hydrogen (secondary N) is 2. The van der Waals surface area contributed by atoms with Crippen molar-refractivity contribution in [3.8, 4) is 0 Å². The van der Waals surface area contributed by atoms with Gasteiger partial charge in [0.15, 0.2) is 0 Å². The van der Waals surface area contributed by atoms with Crippen molar-refractivity contribution in [2.45, 2.75) is 33.2 Å². The number of primary amides is 1. The highest BCUT2D eigenvalue weighted by atomic mass is 16.2. The number of nitrogens with zero attached hydrogens (tertiary/aromatic N) is 1. The third kappa shape index (κ3) is 3.94. The number of rotatable bonds is 6. The Labute approximate surface area is 119 Å². The van der Waals surface area contributed by atoms with Gasteiger partial charge in [0.05, 0.1) is 0 Å². The molecule has 6 heteroatoms. The van der Waals surface area contributed by atoms with Crippen LogP contribution in [0.5, 0.6) is 0 Å². The lowest BCUT2D eigenvalue weighted by Crippen LogP contribution is -2.47. The summed E-state index contributed by atoms with van der Waals surface area (Å²) in [6.45, 7) is 5.63. The van der Waals surface area contributed by atoms with Crippen LogP contribution in [0, 0.1) is 5.92 Å². The number of pyridine rings is 1. The van der Waals surface area contributed by atoms with Crippen LogP contribution in [0.2, 0.25) is 0 Å². The van der Waals surface area contributed by atoms with E-state index < -0.39 is 11.9 Å². The van der Waals surface area contributed by atoms with E-state index in [9.17, 15) is 9.59 Å². The number of aromatic nitrogens is 1. The Hall–Kier alpha value is -2.11. The third-order valence-corrected chi connectivity index (χ3v) is 3.02. The van der Waals surface area contributed by atoms with Gasteiger partial charge < -0.3 is 16.4 Å². The highest BCUT2D eigenvalue weighted by molar-refractivity contribution is 5.98. The Kier molecular flexibility index (Phi) is 5.49.